The van der Waals surface area contributed by atoms with Gasteiger partial charge in [0.1, 0.15) is 5.82 Å². The molecule has 1 rings (SSSR count). The van der Waals surface area contributed by atoms with Crippen LogP contribution in [0.3, 0.4) is 0 Å². The van der Waals surface area contributed by atoms with E-state index in [-0.39, 0.29) is 0 Å². The Bertz CT molecular complexity index is 308. The minimum Gasteiger partial charge on any atom is -0.384 e. The van der Waals surface area contributed by atoms with E-state index >= 15 is 0 Å². The van der Waals surface area contributed by atoms with Crippen molar-refractivity contribution < 1.29 is 0 Å². The van der Waals surface area contributed by atoms with Crippen molar-refractivity contribution in [3.63, 3.8) is 0 Å². The average molecular weight is 194 g/mol. The number of nitrogens with two attached hydrogens (primary N) is 1. The number of hydrogen-bond donors (Lipinski definition) is 2. The van der Waals surface area contributed by atoms with Crippen LogP contribution in [0.2, 0.25) is 0 Å². The second-order valence-corrected chi connectivity index (χ2v) is 3.33. The number of nitrogens with zero attached hydrogens (tertiary/aromatic N) is 1. The van der Waals surface area contributed by atoms with E-state index in [1.807, 2.05) is 13.0 Å². The van der Waals surface area contributed by atoms with Crippen LogP contribution < -0.4 is 5.73 Å². The molecule has 70 valence electrons. The first-order chi connectivity index (χ1) is 6.24. The third kappa shape index (κ3) is 3.11. The lowest BCUT2D eigenvalue weighted by atomic mass is 10.1. The van der Waals surface area contributed by atoms with Crippen LogP contribution in [0, 0.1) is 6.92 Å². The van der Waals surface area contributed by atoms with Gasteiger partial charge in [0, 0.05) is 6.20 Å². The first-order valence-corrected chi connectivity index (χ1v) is 4.87. The number of rotatable bonds is 3. The Morgan fingerprint density at radius 1 is 1.62 bits per heavy atom. The first-order valence-electron chi connectivity index (χ1n) is 4.23. The Morgan fingerprint density at radius 2 is 2.38 bits per heavy atom. The van der Waals surface area contributed by atoms with E-state index in [2.05, 4.69) is 29.8 Å². The average Bonchev–Trinajstić information content (AvgIpc) is 2.09. The van der Waals surface area contributed by atoms with Gasteiger partial charge < -0.3 is 5.73 Å². The molecule has 3 heteroatoms. The Labute approximate surface area is 84.3 Å². The van der Waals surface area contributed by atoms with Crippen molar-refractivity contribution in [3.05, 3.63) is 29.5 Å². The molecule has 0 bridgehead atoms. The molecule has 13 heavy (non-hydrogen) atoms. The van der Waals surface area contributed by atoms with Crippen LogP contribution >= 0.6 is 12.6 Å². The minimum absolute atomic E-state index is 0.573. The lowest BCUT2D eigenvalue weighted by Gasteiger charge is -1.99. The number of nitrogen functional groups attached to an aromatic ring is 1. The molecule has 0 amide bonds. The van der Waals surface area contributed by atoms with Crippen LogP contribution in [0.25, 0.3) is 6.08 Å². The van der Waals surface area contributed by atoms with Crippen molar-refractivity contribution in [1.29, 1.82) is 0 Å². The predicted octanol–water partition coefficient (Wildman–Crippen LogP) is 2.31. The normalized spacial score (nSPS) is 10.9. The van der Waals surface area contributed by atoms with E-state index in [1.54, 1.807) is 6.20 Å². The maximum absolute atomic E-state index is 5.53. The molecule has 1 aromatic rings. The Balaban J connectivity index is 2.77. The zero-order valence-corrected chi connectivity index (χ0v) is 8.59. The Hall–Kier alpha value is -0.960. The number of aryl methyl sites for hydroxylation is 1. The molecular formula is C10H14N2S. The number of aromatic nitrogens is 1. The van der Waals surface area contributed by atoms with E-state index in [0.717, 1.165) is 23.3 Å². The summed E-state index contributed by atoms with van der Waals surface area (Å²) in [6.45, 7) is 2.03. The molecule has 0 saturated carbocycles. The summed E-state index contributed by atoms with van der Waals surface area (Å²) in [5, 5.41) is 0. The molecule has 2 N–H and O–H groups in total. The Kier molecular flexibility index (Phi) is 3.83. The summed E-state index contributed by atoms with van der Waals surface area (Å²) in [5.74, 6) is 1.45. The highest BCUT2D eigenvalue weighted by Gasteiger charge is 1.94. The van der Waals surface area contributed by atoms with Gasteiger partial charge in [-0.15, -0.1) is 0 Å². The van der Waals surface area contributed by atoms with Crippen LogP contribution in [-0.2, 0) is 0 Å². The van der Waals surface area contributed by atoms with Crippen molar-refractivity contribution in [1.82, 2.24) is 4.98 Å². The standard InChI is InChI=1S/C10H14N2S/c1-8-6-10(11)12-7-9(8)4-2-3-5-13/h2,4,6-7,13H,3,5H2,1H3,(H2,11,12). The SMILES string of the molecule is Cc1cc(N)ncc1C=CCCS. The van der Waals surface area contributed by atoms with E-state index in [9.17, 15) is 0 Å². The van der Waals surface area contributed by atoms with E-state index in [0.29, 0.717) is 5.82 Å². The molecule has 1 heterocycles. The fourth-order valence-corrected chi connectivity index (χ4v) is 1.20. The highest BCUT2D eigenvalue weighted by Crippen LogP contribution is 2.11. The number of pyridine rings is 1. The zero-order valence-electron chi connectivity index (χ0n) is 7.70. The summed E-state index contributed by atoms with van der Waals surface area (Å²) in [5.41, 5.74) is 7.81. The van der Waals surface area contributed by atoms with Gasteiger partial charge in [0.15, 0.2) is 0 Å². The molecule has 0 aliphatic rings. The molecule has 0 saturated heterocycles. The third-order valence-electron chi connectivity index (χ3n) is 1.77. The molecule has 1 aromatic heterocycles. The monoisotopic (exact) mass is 194 g/mol. The second kappa shape index (κ2) is 4.92. The summed E-state index contributed by atoms with van der Waals surface area (Å²) in [6.07, 6.45) is 6.91. The van der Waals surface area contributed by atoms with Crippen LogP contribution in [-0.4, -0.2) is 10.7 Å². The molecule has 0 atom stereocenters. The van der Waals surface area contributed by atoms with Gasteiger partial charge >= 0.3 is 0 Å². The topological polar surface area (TPSA) is 38.9 Å². The van der Waals surface area contributed by atoms with Gasteiger partial charge in [-0.2, -0.15) is 12.6 Å². The fraction of sp³-hybridized carbons (Fsp3) is 0.300. The largest absolute Gasteiger partial charge is 0.384 e. The quantitative estimate of drug-likeness (QED) is 0.725. The van der Waals surface area contributed by atoms with Crippen molar-refractivity contribution in [2.24, 2.45) is 0 Å². The van der Waals surface area contributed by atoms with Crippen molar-refractivity contribution in [2.75, 3.05) is 11.5 Å². The van der Waals surface area contributed by atoms with Crippen LogP contribution in [0.15, 0.2) is 18.3 Å². The minimum atomic E-state index is 0.573. The van der Waals surface area contributed by atoms with Crippen LogP contribution in [0.1, 0.15) is 17.5 Å². The van der Waals surface area contributed by atoms with Crippen LogP contribution in [0.5, 0.6) is 0 Å². The lowest BCUT2D eigenvalue weighted by Crippen LogP contribution is -1.91. The van der Waals surface area contributed by atoms with Crippen LogP contribution in [0.4, 0.5) is 5.82 Å². The molecule has 0 aromatic carbocycles. The van der Waals surface area contributed by atoms with Gasteiger partial charge in [-0.05, 0) is 36.3 Å². The summed E-state index contributed by atoms with van der Waals surface area (Å²) in [4.78, 5) is 4.03. The summed E-state index contributed by atoms with van der Waals surface area (Å²) in [7, 11) is 0. The smallest absolute Gasteiger partial charge is 0.123 e. The van der Waals surface area contributed by atoms with Gasteiger partial charge in [0.2, 0.25) is 0 Å². The maximum Gasteiger partial charge on any atom is 0.123 e. The van der Waals surface area contributed by atoms with Gasteiger partial charge in [0.25, 0.3) is 0 Å². The molecule has 0 fully saturated rings. The molecule has 0 radical (unpaired) electrons. The fourth-order valence-electron chi connectivity index (χ4n) is 1.05. The van der Waals surface area contributed by atoms with Gasteiger partial charge in [-0.3, -0.25) is 0 Å². The van der Waals surface area contributed by atoms with Crippen molar-refractivity contribution >= 4 is 24.5 Å². The third-order valence-corrected chi connectivity index (χ3v) is 2.02. The molecule has 0 spiro atoms. The van der Waals surface area contributed by atoms with E-state index in [1.165, 1.54) is 0 Å². The predicted molar refractivity (Wildman–Crippen MR) is 60.9 cm³/mol. The number of allylic oxidation sites excluding steroid dienone is 1. The first kappa shape index (κ1) is 10.1. The lowest BCUT2D eigenvalue weighted by molar-refractivity contribution is 1.25. The Morgan fingerprint density at radius 3 is 3.00 bits per heavy atom. The zero-order chi connectivity index (χ0) is 9.68. The van der Waals surface area contributed by atoms with Gasteiger partial charge in [-0.1, -0.05) is 12.2 Å². The highest BCUT2D eigenvalue weighted by atomic mass is 32.1. The molecule has 0 aliphatic heterocycles. The van der Waals surface area contributed by atoms with Gasteiger partial charge in [0.05, 0.1) is 0 Å². The van der Waals surface area contributed by atoms with Gasteiger partial charge in [-0.25, -0.2) is 4.98 Å². The summed E-state index contributed by atoms with van der Waals surface area (Å²) >= 11 is 4.12. The maximum atomic E-state index is 5.53. The van der Waals surface area contributed by atoms with Crippen molar-refractivity contribution in [3.8, 4) is 0 Å². The molecule has 2 nitrogen and oxygen atoms in total. The number of thiol groups is 1. The van der Waals surface area contributed by atoms with Crippen molar-refractivity contribution in [2.45, 2.75) is 13.3 Å². The second-order valence-electron chi connectivity index (χ2n) is 2.88. The van der Waals surface area contributed by atoms with E-state index < -0.39 is 0 Å². The van der Waals surface area contributed by atoms with E-state index in [4.69, 9.17) is 5.73 Å². The summed E-state index contributed by atoms with van der Waals surface area (Å²) in [6, 6.07) is 1.88. The highest BCUT2D eigenvalue weighted by molar-refractivity contribution is 7.80. The summed E-state index contributed by atoms with van der Waals surface area (Å²) < 4.78 is 0. The molecule has 0 unspecified atom stereocenters. The number of hydrogen-bond acceptors (Lipinski definition) is 3. The number of anilines is 1. The molecule has 0 aliphatic carbocycles. The molecular weight excluding hydrogens is 180 g/mol.